The topological polar surface area (TPSA) is 53.2 Å². The van der Waals surface area contributed by atoms with Gasteiger partial charge in [0.25, 0.3) is 5.91 Å². The summed E-state index contributed by atoms with van der Waals surface area (Å²) in [6.45, 7) is 0.442. The predicted octanol–water partition coefficient (Wildman–Crippen LogP) is 3.49. The summed E-state index contributed by atoms with van der Waals surface area (Å²) in [4.78, 5) is 28.4. The molecule has 0 bridgehead atoms. The summed E-state index contributed by atoms with van der Waals surface area (Å²) in [6.07, 6.45) is 1.95. The van der Waals surface area contributed by atoms with Gasteiger partial charge in [0.05, 0.1) is 10.0 Å². The highest BCUT2D eigenvalue weighted by Crippen LogP contribution is 2.30. The molecule has 1 fully saturated rings. The zero-order chi connectivity index (χ0) is 15.7. The molecular formula is C16H14Cl2N2O2. The second-order valence-electron chi connectivity index (χ2n) is 5.34. The summed E-state index contributed by atoms with van der Waals surface area (Å²) in [5.41, 5.74) is 0.934. The number of amides is 1. The van der Waals surface area contributed by atoms with Gasteiger partial charge in [0.15, 0.2) is 0 Å². The Morgan fingerprint density at radius 3 is 2.59 bits per heavy atom. The number of halogens is 2. The van der Waals surface area contributed by atoms with Crippen LogP contribution in [-0.2, 0) is 6.54 Å². The lowest BCUT2D eigenvalue weighted by atomic mass is 10.2. The first kappa shape index (κ1) is 15.1. The van der Waals surface area contributed by atoms with Crippen molar-refractivity contribution in [1.82, 2.24) is 9.88 Å². The molecule has 1 N–H and O–H groups in total. The van der Waals surface area contributed by atoms with Gasteiger partial charge in [-0.3, -0.25) is 9.59 Å². The Kier molecular flexibility index (Phi) is 4.23. The quantitative estimate of drug-likeness (QED) is 0.929. The molecule has 1 aliphatic rings. The number of benzene rings is 1. The molecule has 1 aromatic carbocycles. The van der Waals surface area contributed by atoms with Crippen molar-refractivity contribution in [2.45, 2.75) is 25.4 Å². The second-order valence-corrected chi connectivity index (χ2v) is 6.16. The van der Waals surface area contributed by atoms with Crippen LogP contribution in [0.3, 0.4) is 0 Å². The SMILES string of the molecule is O=C(c1cccc(=O)[nH]1)N(Cc1ccc(Cl)c(Cl)c1)C1CC1. The van der Waals surface area contributed by atoms with E-state index in [4.69, 9.17) is 23.2 Å². The van der Waals surface area contributed by atoms with Gasteiger partial charge in [0.1, 0.15) is 5.69 Å². The van der Waals surface area contributed by atoms with E-state index in [2.05, 4.69) is 4.98 Å². The maximum atomic E-state index is 12.6. The molecule has 0 aliphatic heterocycles. The third kappa shape index (κ3) is 3.34. The molecule has 1 aromatic heterocycles. The van der Waals surface area contributed by atoms with Crippen LogP contribution in [0.4, 0.5) is 0 Å². The molecule has 0 saturated heterocycles. The first-order valence-electron chi connectivity index (χ1n) is 6.99. The van der Waals surface area contributed by atoms with Crippen LogP contribution in [0.5, 0.6) is 0 Å². The van der Waals surface area contributed by atoms with Crippen LogP contribution in [-0.4, -0.2) is 21.8 Å². The number of nitrogens with one attached hydrogen (secondary N) is 1. The molecule has 22 heavy (non-hydrogen) atoms. The molecule has 1 amide bonds. The lowest BCUT2D eigenvalue weighted by molar-refractivity contribution is 0.0723. The minimum absolute atomic E-state index is 0.175. The molecule has 0 radical (unpaired) electrons. The highest BCUT2D eigenvalue weighted by atomic mass is 35.5. The van der Waals surface area contributed by atoms with Crippen molar-refractivity contribution >= 4 is 29.1 Å². The molecule has 6 heteroatoms. The van der Waals surface area contributed by atoms with Crippen molar-refractivity contribution in [1.29, 1.82) is 0 Å². The lowest BCUT2D eigenvalue weighted by Crippen LogP contribution is -2.34. The van der Waals surface area contributed by atoms with Gasteiger partial charge in [0.2, 0.25) is 5.56 Å². The van der Waals surface area contributed by atoms with Crippen LogP contribution < -0.4 is 5.56 Å². The number of carbonyl (C=O) groups excluding carboxylic acids is 1. The van der Waals surface area contributed by atoms with Crippen LogP contribution in [0.15, 0.2) is 41.2 Å². The number of pyridine rings is 1. The maximum Gasteiger partial charge on any atom is 0.270 e. The van der Waals surface area contributed by atoms with E-state index in [-0.39, 0.29) is 17.5 Å². The first-order chi connectivity index (χ1) is 10.5. The van der Waals surface area contributed by atoms with E-state index in [0.29, 0.717) is 22.3 Å². The van der Waals surface area contributed by atoms with E-state index in [1.165, 1.54) is 6.07 Å². The average Bonchev–Trinajstić information content (AvgIpc) is 3.32. The summed E-state index contributed by atoms with van der Waals surface area (Å²) >= 11 is 11.9. The summed E-state index contributed by atoms with van der Waals surface area (Å²) in [5, 5.41) is 0.956. The monoisotopic (exact) mass is 336 g/mol. The van der Waals surface area contributed by atoms with E-state index >= 15 is 0 Å². The summed E-state index contributed by atoms with van der Waals surface area (Å²) in [5.74, 6) is -0.175. The lowest BCUT2D eigenvalue weighted by Gasteiger charge is -2.22. The van der Waals surface area contributed by atoms with Crippen molar-refractivity contribution in [3.05, 3.63) is 68.1 Å². The molecule has 1 heterocycles. The number of carbonyl (C=O) groups is 1. The van der Waals surface area contributed by atoms with Crippen LogP contribution in [0, 0.1) is 0 Å². The van der Waals surface area contributed by atoms with Gasteiger partial charge in [-0.15, -0.1) is 0 Å². The van der Waals surface area contributed by atoms with Crippen LogP contribution in [0.1, 0.15) is 28.9 Å². The van der Waals surface area contributed by atoms with E-state index < -0.39 is 0 Å². The fourth-order valence-electron chi connectivity index (χ4n) is 2.31. The molecule has 0 unspecified atom stereocenters. The average molecular weight is 337 g/mol. The Balaban J connectivity index is 1.85. The van der Waals surface area contributed by atoms with E-state index in [0.717, 1.165) is 18.4 Å². The van der Waals surface area contributed by atoms with Gasteiger partial charge in [-0.2, -0.15) is 0 Å². The smallest absolute Gasteiger partial charge is 0.270 e. The van der Waals surface area contributed by atoms with Gasteiger partial charge in [0, 0.05) is 18.7 Å². The molecule has 114 valence electrons. The molecular weight excluding hydrogens is 323 g/mol. The molecule has 3 rings (SSSR count). The fourth-order valence-corrected chi connectivity index (χ4v) is 2.64. The molecule has 1 saturated carbocycles. The number of hydrogen-bond acceptors (Lipinski definition) is 2. The number of nitrogens with zero attached hydrogens (tertiary/aromatic N) is 1. The van der Waals surface area contributed by atoms with E-state index in [1.54, 1.807) is 29.2 Å². The standard InChI is InChI=1S/C16H14Cl2N2O2/c17-12-7-4-10(8-13(12)18)9-20(11-5-6-11)16(22)14-2-1-3-15(21)19-14/h1-4,7-8,11H,5-6,9H2,(H,19,21). The third-order valence-electron chi connectivity index (χ3n) is 3.58. The highest BCUT2D eigenvalue weighted by Gasteiger charge is 2.33. The zero-order valence-corrected chi connectivity index (χ0v) is 13.2. The van der Waals surface area contributed by atoms with Gasteiger partial charge >= 0.3 is 0 Å². The largest absolute Gasteiger partial charge is 0.330 e. The normalized spacial score (nSPS) is 13.9. The van der Waals surface area contributed by atoms with Crippen molar-refractivity contribution in [2.75, 3.05) is 0 Å². The Hall–Kier alpha value is -1.78. The number of aromatic nitrogens is 1. The third-order valence-corrected chi connectivity index (χ3v) is 4.32. The minimum Gasteiger partial charge on any atom is -0.330 e. The van der Waals surface area contributed by atoms with Crippen molar-refractivity contribution in [2.24, 2.45) is 0 Å². The molecule has 4 nitrogen and oxygen atoms in total. The fraction of sp³-hybridized carbons (Fsp3) is 0.250. The number of hydrogen-bond donors (Lipinski definition) is 1. The molecule has 0 spiro atoms. The van der Waals surface area contributed by atoms with Gasteiger partial charge in [-0.25, -0.2) is 0 Å². The van der Waals surface area contributed by atoms with Crippen molar-refractivity contribution in [3.63, 3.8) is 0 Å². The van der Waals surface area contributed by atoms with Gasteiger partial charge in [-0.1, -0.05) is 35.3 Å². The highest BCUT2D eigenvalue weighted by molar-refractivity contribution is 6.42. The minimum atomic E-state index is -0.281. The maximum absolute atomic E-state index is 12.6. The predicted molar refractivity (Wildman–Crippen MR) is 86.4 cm³/mol. The second kappa shape index (κ2) is 6.15. The number of rotatable bonds is 4. The van der Waals surface area contributed by atoms with Crippen molar-refractivity contribution in [3.8, 4) is 0 Å². The van der Waals surface area contributed by atoms with E-state index in [1.807, 2.05) is 6.07 Å². The summed E-state index contributed by atoms with van der Waals surface area (Å²) in [7, 11) is 0. The summed E-state index contributed by atoms with van der Waals surface area (Å²) < 4.78 is 0. The molecule has 2 aromatic rings. The summed E-state index contributed by atoms with van der Waals surface area (Å²) in [6, 6.07) is 10.1. The Morgan fingerprint density at radius 2 is 1.95 bits per heavy atom. The molecule has 1 aliphatic carbocycles. The number of aromatic amines is 1. The van der Waals surface area contributed by atoms with Gasteiger partial charge < -0.3 is 9.88 Å². The van der Waals surface area contributed by atoms with Crippen LogP contribution >= 0.6 is 23.2 Å². The van der Waals surface area contributed by atoms with E-state index in [9.17, 15) is 9.59 Å². The van der Waals surface area contributed by atoms with Crippen LogP contribution in [0.2, 0.25) is 10.0 Å². The Labute approximate surface area is 137 Å². The Morgan fingerprint density at radius 1 is 1.18 bits per heavy atom. The van der Waals surface area contributed by atoms with Crippen LogP contribution in [0.25, 0.3) is 0 Å². The van der Waals surface area contributed by atoms with Gasteiger partial charge in [-0.05, 0) is 36.6 Å². The number of H-pyrrole nitrogens is 1. The Bertz CT molecular complexity index is 769. The molecule has 0 atom stereocenters. The van der Waals surface area contributed by atoms with Crippen molar-refractivity contribution < 1.29 is 4.79 Å². The zero-order valence-electron chi connectivity index (χ0n) is 11.7. The first-order valence-corrected chi connectivity index (χ1v) is 7.74.